The predicted molar refractivity (Wildman–Crippen MR) is 77.5 cm³/mol. The van der Waals surface area contributed by atoms with E-state index in [4.69, 9.17) is 4.42 Å². The molecule has 0 N–H and O–H groups in total. The van der Waals surface area contributed by atoms with Crippen molar-refractivity contribution in [3.05, 3.63) is 70.9 Å². The van der Waals surface area contributed by atoms with Crippen LogP contribution in [0.3, 0.4) is 0 Å². The molecule has 0 saturated carbocycles. The molecule has 0 aliphatic carbocycles. The molecule has 1 aromatic heterocycles. The van der Waals surface area contributed by atoms with Gasteiger partial charge in [-0.2, -0.15) is 0 Å². The summed E-state index contributed by atoms with van der Waals surface area (Å²) < 4.78 is 5.89. The van der Waals surface area contributed by atoms with Gasteiger partial charge in [0.25, 0.3) is 0 Å². The first-order valence-corrected chi connectivity index (χ1v) is 6.17. The first kappa shape index (κ1) is 10.3. The predicted octanol–water partition coefficient (Wildman–Crippen LogP) is 4.10. The monoisotopic (exact) mass is 246 g/mol. The summed E-state index contributed by atoms with van der Waals surface area (Å²) in [5.74, 6) is 0. The summed E-state index contributed by atoms with van der Waals surface area (Å²) in [5, 5.41) is 3.70. The largest absolute Gasteiger partial charge is 0.456 e. The van der Waals surface area contributed by atoms with Crippen molar-refractivity contribution in [1.29, 1.82) is 0 Å². The number of rotatable bonds is 0. The molecule has 19 heavy (non-hydrogen) atoms. The van der Waals surface area contributed by atoms with Gasteiger partial charge < -0.3 is 4.42 Å². The van der Waals surface area contributed by atoms with Gasteiger partial charge >= 0.3 is 0 Å². The second-order valence-electron chi connectivity index (χ2n) is 4.61. The Kier molecular flexibility index (Phi) is 2.00. The van der Waals surface area contributed by atoms with Gasteiger partial charge in [0, 0.05) is 16.2 Å². The molecule has 1 heterocycles. The maximum absolute atomic E-state index is 11.9. The molecule has 0 bridgehead atoms. The van der Waals surface area contributed by atoms with Crippen molar-refractivity contribution < 1.29 is 4.42 Å². The van der Waals surface area contributed by atoms with Crippen LogP contribution in [0.1, 0.15) is 0 Å². The van der Waals surface area contributed by atoms with Crippen molar-refractivity contribution in [2.75, 3.05) is 0 Å². The van der Waals surface area contributed by atoms with E-state index in [0.717, 1.165) is 32.7 Å². The molecule has 0 amide bonds. The zero-order chi connectivity index (χ0) is 12.8. The fourth-order valence-corrected chi connectivity index (χ4v) is 2.54. The summed E-state index contributed by atoms with van der Waals surface area (Å²) >= 11 is 0. The van der Waals surface area contributed by atoms with Crippen LogP contribution in [-0.2, 0) is 0 Å². The van der Waals surface area contributed by atoms with Crippen LogP contribution in [0.15, 0.2) is 69.9 Å². The average molecular weight is 246 g/mol. The topological polar surface area (TPSA) is 30.2 Å². The van der Waals surface area contributed by atoms with Gasteiger partial charge in [0.2, 0.25) is 0 Å². The number of fused-ring (bicyclic) bond motifs is 4. The third kappa shape index (κ3) is 1.47. The molecule has 4 rings (SSSR count). The smallest absolute Gasteiger partial charge is 0.186 e. The second kappa shape index (κ2) is 3.69. The van der Waals surface area contributed by atoms with E-state index in [1.165, 1.54) is 0 Å². The first-order valence-electron chi connectivity index (χ1n) is 6.17. The van der Waals surface area contributed by atoms with E-state index in [1.54, 1.807) is 12.1 Å². The van der Waals surface area contributed by atoms with E-state index in [2.05, 4.69) is 6.07 Å². The Labute approximate surface area is 108 Å². The van der Waals surface area contributed by atoms with Gasteiger partial charge in [-0.15, -0.1) is 0 Å². The maximum Gasteiger partial charge on any atom is 0.186 e. The number of hydrogen-bond acceptors (Lipinski definition) is 2. The number of para-hydroxylation sites is 1. The minimum absolute atomic E-state index is 0.0487. The second-order valence-corrected chi connectivity index (χ2v) is 4.61. The van der Waals surface area contributed by atoms with E-state index in [0.29, 0.717) is 0 Å². The summed E-state index contributed by atoms with van der Waals surface area (Å²) in [4.78, 5) is 11.9. The van der Waals surface area contributed by atoms with Crippen LogP contribution < -0.4 is 5.43 Å². The van der Waals surface area contributed by atoms with Crippen LogP contribution in [0.4, 0.5) is 0 Å². The summed E-state index contributed by atoms with van der Waals surface area (Å²) in [7, 11) is 0. The quantitative estimate of drug-likeness (QED) is 0.345. The van der Waals surface area contributed by atoms with Gasteiger partial charge in [0.05, 0.1) is 0 Å². The van der Waals surface area contributed by atoms with Gasteiger partial charge in [-0.1, -0.05) is 30.3 Å². The number of hydrogen-bond donors (Lipinski definition) is 0. The molecule has 0 atom stereocenters. The van der Waals surface area contributed by atoms with Gasteiger partial charge in [0.15, 0.2) is 5.43 Å². The lowest BCUT2D eigenvalue weighted by Gasteiger charge is -2.04. The molecule has 0 unspecified atom stereocenters. The van der Waals surface area contributed by atoms with Crippen molar-refractivity contribution in [2.45, 2.75) is 0 Å². The molecule has 0 fully saturated rings. The lowest BCUT2D eigenvalue weighted by molar-refractivity contribution is 0.661. The van der Waals surface area contributed by atoms with E-state index in [-0.39, 0.29) is 5.43 Å². The van der Waals surface area contributed by atoms with E-state index in [9.17, 15) is 4.79 Å². The maximum atomic E-state index is 11.9. The molecule has 3 aromatic carbocycles. The van der Waals surface area contributed by atoms with Crippen LogP contribution in [0.5, 0.6) is 0 Å². The van der Waals surface area contributed by atoms with E-state index in [1.807, 2.05) is 42.5 Å². The highest BCUT2D eigenvalue weighted by Crippen LogP contribution is 2.28. The summed E-state index contributed by atoms with van der Waals surface area (Å²) in [5.41, 5.74) is 1.71. The molecule has 0 spiro atoms. The van der Waals surface area contributed by atoms with Crippen LogP contribution in [0.2, 0.25) is 0 Å². The van der Waals surface area contributed by atoms with Crippen molar-refractivity contribution >= 4 is 32.7 Å². The normalized spacial score (nSPS) is 11.4. The summed E-state index contributed by atoms with van der Waals surface area (Å²) in [6.07, 6.45) is 0. The molecule has 0 aliphatic heterocycles. The van der Waals surface area contributed by atoms with E-state index < -0.39 is 0 Å². The number of benzene rings is 3. The van der Waals surface area contributed by atoms with Gasteiger partial charge in [-0.25, -0.2) is 0 Å². The van der Waals surface area contributed by atoms with E-state index >= 15 is 0 Å². The molecule has 90 valence electrons. The van der Waals surface area contributed by atoms with Gasteiger partial charge in [-0.3, -0.25) is 4.79 Å². The van der Waals surface area contributed by atoms with Gasteiger partial charge in [0.1, 0.15) is 11.2 Å². The van der Waals surface area contributed by atoms with Gasteiger partial charge in [-0.05, 0) is 35.7 Å². The molecule has 2 nitrogen and oxygen atoms in total. The molecule has 4 aromatic rings. The molecule has 0 saturated heterocycles. The van der Waals surface area contributed by atoms with Crippen molar-refractivity contribution in [2.24, 2.45) is 0 Å². The van der Waals surface area contributed by atoms with Crippen LogP contribution >= 0.6 is 0 Å². The Morgan fingerprint density at radius 2 is 1.58 bits per heavy atom. The first-order chi connectivity index (χ1) is 9.33. The minimum Gasteiger partial charge on any atom is -0.456 e. The lowest BCUT2D eigenvalue weighted by atomic mass is 10.0. The Hall–Kier alpha value is -2.61. The highest BCUT2D eigenvalue weighted by Gasteiger charge is 2.06. The Morgan fingerprint density at radius 3 is 2.53 bits per heavy atom. The average Bonchev–Trinajstić information content (AvgIpc) is 2.45. The fourth-order valence-electron chi connectivity index (χ4n) is 2.54. The van der Waals surface area contributed by atoms with Crippen LogP contribution in [0.25, 0.3) is 32.7 Å². The van der Waals surface area contributed by atoms with Crippen LogP contribution in [-0.4, -0.2) is 0 Å². The molecule has 0 radical (unpaired) electrons. The molecular formula is C17H10O2. The van der Waals surface area contributed by atoms with Crippen molar-refractivity contribution in [1.82, 2.24) is 0 Å². The third-order valence-electron chi connectivity index (χ3n) is 3.46. The van der Waals surface area contributed by atoms with Crippen LogP contribution in [0, 0.1) is 0 Å². The Bertz CT molecular complexity index is 980. The zero-order valence-corrected chi connectivity index (χ0v) is 10.1. The Morgan fingerprint density at radius 1 is 0.684 bits per heavy atom. The molecule has 2 heteroatoms. The molecular weight excluding hydrogens is 236 g/mol. The SMILES string of the molecule is O=c1cccc2c1ccc1oc3ccccc3cc12. The Balaban J connectivity index is 2.29. The van der Waals surface area contributed by atoms with Crippen molar-refractivity contribution in [3.8, 4) is 0 Å². The molecule has 0 aliphatic rings. The zero-order valence-electron chi connectivity index (χ0n) is 10.1. The standard InChI is InChI=1S/C17H10O2/c18-15-6-3-5-12-13(15)8-9-17-14(12)10-11-4-1-2-7-16(11)19-17/h1-10H. The van der Waals surface area contributed by atoms with Crippen molar-refractivity contribution in [3.63, 3.8) is 0 Å². The fraction of sp³-hybridized carbons (Fsp3) is 0. The third-order valence-corrected chi connectivity index (χ3v) is 3.46. The summed E-state index contributed by atoms with van der Waals surface area (Å²) in [6.45, 7) is 0. The minimum atomic E-state index is 0.0487. The lowest BCUT2D eigenvalue weighted by Crippen LogP contribution is -1.97. The highest BCUT2D eigenvalue weighted by molar-refractivity contribution is 6.08. The highest BCUT2D eigenvalue weighted by atomic mass is 16.3. The summed E-state index contributed by atoms with van der Waals surface area (Å²) in [6, 6.07) is 19.0.